The summed E-state index contributed by atoms with van der Waals surface area (Å²) in [5, 5.41) is 15.0. The van der Waals surface area contributed by atoms with Gasteiger partial charge in [-0.15, -0.1) is 0 Å². The normalized spacial score (nSPS) is 9.97. The lowest BCUT2D eigenvalue weighted by molar-refractivity contribution is -0.136. The van der Waals surface area contributed by atoms with E-state index in [1.807, 2.05) is 78.9 Å². The minimum Gasteiger partial charge on any atom is -0.481 e. The van der Waals surface area contributed by atoms with E-state index in [0.717, 1.165) is 10.8 Å². The van der Waals surface area contributed by atoms with Crippen LogP contribution in [0.1, 0.15) is 23.7 Å². The first-order chi connectivity index (χ1) is 17.0. The number of ether oxygens (including phenoxy) is 1. The van der Waals surface area contributed by atoms with Crippen molar-refractivity contribution in [2.75, 3.05) is 11.9 Å². The van der Waals surface area contributed by atoms with Crippen molar-refractivity contribution in [3.63, 3.8) is 0 Å². The monoisotopic (exact) mass is 470 g/mol. The number of para-hydroxylation sites is 3. The maximum Gasteiger partial charge on any atom is 0.303 e. The molecule has 4 aromatic rings. The van der Waals surface area contributed by atoms with Gasteiger partial charge in [-0.3, -0.25) is 14.4 Å². The first-order valence-corrected chi connectivity index (χ1v) is 11.1. The zero-order chi connectivity index (χ0) is 25.0. The first kappa shape index (κ1) is 25.0. The Kier molecular flexibility index (Phi) is 8.96. The van der Waals surface area contributed by atoms with Crippen LogP contribution in [-0.2, 0) is 9.59 Å². The maximum atomic E-state index is 12.6. The van der Waals surface area contributed by atoms with Crippen LogP contribution in [0.4, 0.5) is 5.69 Å². The third-order valence-corrected chi connectivity index (χ3v) is 4.88. The summed E-state index contributed by atoms with van der Waals surface area (Å²) in [6.45, 7) is 1.45. The van der Waals surface area contributed by atoms with E-state index in [-0.39, 0.29) is 24.8 Å². The van der Waals surface area contributed by atoms with Gasteiger partial charge in [0.25, 0.3) is 5.91 Å². The zero-order valence-electron chi connectivity index (χ0n) is 19.2. The van der Waals surface area contributed by atoms with E-state index in [1.54, 1.807) is 25.1 Å². The average molecular weight is 471 g/mol. The summed E-state index contributed by atoms with van der Waals surface area (Å²) < 4.78 is 5.85. The molecule has 0 aliphatic carbocycles. The van der Waals surface area contributed by atoms with Crippen molar-refractivity contribution in [1.82, 2.24) is 5.32 Å². The molecule has 0 bridgehead atoms. The van der Waals surface area contributed by atoms with Crippen LogP contribution in [0.25, 0.3) is 10.8 Å². The summed E-state index contributed by atoms with van der Waals surface area (Å²) in [4.78, 5) is 34.4. The number of carbonyl (C=O) groups is 3. The van der Waals surface area contributed by atoms with Crippen molar-refractivity contribution in [1.29, 1.82) is 0 Å². The van der Waals surface area contributed by atoms with Crippen LogP contribution < -0.4 is 15.4 Å². The number of nitrogens with one attached hydrogen (secondary N) is 2. The summed E-state index contributed by atoms with van der Waals surface area (Å²) in [5.74, 6) is -0.186. The Morgan fingerprint density at radius 2 is 1.43 bits per heavy atom. The van der Waals surface area contributed by atoms with Gasteiger partial charge in [-0.05, 0) is 41.1 Å². The van der Waals surface area contributed by atoms with Crippen molar-refractivity contribution in [3.8, 4) is 11.5 Å². The van der Waals surface area contributed by atoms with Gasteiger partial charge in [0, 0.05) is 12.0 Å². The van der Waals surface area contributed by atoms with Crippen molar-refractivity contribution in [2.45, 2.75) is 13.3 Å². The number of benzene rings is 4. The molecule has 0 unspecified atom stereocenters. The molecule has 7 heteroatoms. The summed E-state index contributed by atoms with van der Waals surface area (Å²) in [5.41, 5.74) is 1.07. The Hall–Kier alpha value is -4.65. The Bertz CT molecular complexity index is 1300. The molecule has 7 nitrogen and oxygen atoms in total. The van der Waals surface area contributed by atoms with Crippen LogP contribution in [0.2, 0.25) is 0 Å². The largest absolute Gasteiger partial charge is 0.481 e. The molecule has 0 aromatic heterocycles. The molecule has 0 atom stereocenters. The Balaban J connectivity index is 0.000000623. The molecule has 0 aliphatic heterocycles. The first-order valence-electron chi connectivity index (χ1n) is 11.1. The highest BCUT2D eigenvalue weighted by molar-refractivity contribution is 6.08. The zero-order valence-corrected chi connectivity index (χ0v) is 19.2. The van der Waals surface area contributed by atoms with Crippen molar-refractivity contribution in [3.05, 3.63) is 103 Å². The van der Waals surface area contributed by atoms with E-state index in [9.17, 15) is 14.4 Å². The molecule has 178 valence electrons. The summed E-state index contributed by atoms with van der Waals surface area (Å²) >= 11 is 0. The SMILES string of the molecule is CCC(=O)O.O=C(CNC(=O)c1cccc2ccccc12)Nc1ccccc1Oc1ccccc1. The number of rotatable bonds is 7. The quantitative estimate of drug-likeness (QED) is 0.332. The molecule has 0 saturated heterocycles. The molecule has 3 N–H and O–H groups in total. The molecule has 0 aliphatic rings. The minimum absolute atomic E-state index is 0.151. The average Bonchev–Trinajstić information content (AvgIpc) is 2.89. The minimum atomic E-state index is -0.745. The van der Waals surface area contributed by atoms with E-state index < -0.39 is 5.97 Å². The van der Waals surface area contributed by atoms with Crippen molar-refractivity contribution in [2.24, 2.45) is 0 Å². The molecule has 0 spiro atoms. The number of fused-ring (bicyclic) bond motifs is 1. The van der Waals surface area contributed by atoms with Gasteiger partial charge < -0.3 is 20.5 Å². The molecule has 35 heavy (non-hydrogen) atoms. The van der Waals surface area contributed by atoms with Crippen LogP contribution in [0.15, 0.2) is 97.1 Å². The molecule has 0 fully saturated rings. The highest BCUT2D eigenvalue weighted by Crippen LogP contribution is 2.29. The van der Waals surface area contributed by atoms with Crippen molar-refractivity contribution >= 4 is 34.2 Å². The van der Waals surface area contributed by atoms with Gasteiger partial charge in [0.1, 0.15) is 5.75 Å². The van der Waals surface area contributed by atoms with Crippen LogP contribution in [0, 0.1) is 0 Å². The molecule has 0 heterocycles. The second kappa shape index (κ2) is 12.6. The molecular weight excluding hydrogens is 444 g/mol. The van der Waals surface area contributed by atoms with Gasteiger partial charge >= 0.3 is 5.97 Å². The molecular formula is C28H26N2O5. The number of hydrogen-bond acceptors (Lipinski definition) is 4. The fraction of sp³-hybridized carbons (Fsp3) is 0.107. The smallest absolute Gasteiger partial charge is 0.303 e. The van der Waals surface area contributed by atoms with E-state index in [0.29, 0.717) is 22.7 Å². The second-order valence-corrected chi connectivity index (χ2v) is 7.42. The highest BCUT2D eigenvalue weighted by Gasteiger charge is 2.13. The molecule has 2 amide bonds. The van der Waals surface area contributed by atoms with Crippen LogP contribution in [0.3, 0.4) is 0 Å². The topological polar surface area (TPSA) is 105 Å². The lowest BCUT2D eigenvalue weighted by Gasteiger charge is -2.13. The number of anilines is 1. The fourth-order valence-corrected chi connectivity index (χ4v) is 3.15. The van der Waals surface area contributed by atoms with E-state index in [2.05, 4.69) is 10.6 Å². The number of carboxylic acid groups (broad SMARTS) is 1. The van der Waals surface area contributed by atoms with Crippen molar-refractivity contribution < 1.29 is 24.2 Å². The third kappa shape index (κ3) is 7.43. The van der Waals surface area contributed by atoms with Crippen LogP contribution in [-0.4, -0.2) is 29.4 Å². The standard InChI is InChI=1S/C25H20N2O3.C3H6O2/c28-24(17-26-25(29)21-14-8-10-18-9-4-5-13-20(18)21)27-22-15-6-7-16-23(22)30-19-11-2-1-3-12-19;1-2-3(4)5/h1-16H,17H2,(H,26,29)(H,27,28);2H2,1H3,(H,4,5). The Morgan fingerprint density at radius 3 is 2.17 bits per heavy atom. The van der Waals surface area contributed by atoms with Gasteiger partial charge in [-0.25, -0.2) is 0 Å². The molecule has 0 saturated carbocycles. The lowest BCUT2D eigenvalue weighted by atomic mass is 10.0. The molecule has 4 rings (SSSR count). The van der Waals surface area contributed by atoms with Gasteiger partial charge in [-0.1, -0.05) is 73.7 Å². The maximum absolute atomic E-state index is 12.6. The molecule has 4 aromatic carbocycles. The van der Waals surface area contributed by atoms with Gasteiger partial charge in [0.2, 0.25) is 5.91 Å². The van der Waals surface area contributed by atoms with E-state index in [1.165, 1.54) is 0 Å². The van der Waals surface area contributed by atoms with Crippen LogP contribution in [0.5, 0.6) is 11.5 Å². The predicted molar refractivity (Wildman–Crippen MR) is 136 cm³/mol. The van der Waals surface area contributed by atoms with E-state index >= 15 is 0 Å². The second-order valence-electron chi connectivity index (χ2n) is 7.42. The number of carboxylic acids is 1. The van der Waals surface area contributed by atoms with Gasteiger partial charge in [-0.2, -0.15) is 0 Å². The highest BCUT2D eigenvalue weighted by atomic mass is 16.5. The molecule has 0 radical (unpaired) electrons. The third-order valence-electron chi connectivity index (χ3n) is 4.88. The number of amides is 2. The number of aliphatic carboxylic acids is 1. The Morgan fingerprint density at radius 1 is 0.800 bits per heavy atom. The predicted octanol–water partition coefficient (Wildman–Crippen LogP) is 5.48. The summed E-state index contributed by atoms with van der Waals surface area (Å²) in [7, 11) is 0. The number of hydrogen-bond donors (Lipinski definition) is 3. The van der Waals surface area contributed by atoms with Gasteiger partial charge in [0.05, 0.1) is 12.2 Å². The van der Waals surface area contributed by atoms with E-state index in [4.69, 9.17) is 9.84 Å². The Labute approximate surface area is 203 Å². The number of carbonyl (C=O) groups excluding carboxylic acids is 2. The lowest BCUT2D eigenvalue weighted by Crippen LogP contribution is -2.33. The summed E-state index contributed by atoms with van der Waals surface area (Å²) in [6.07, 6.45) is 0.222. The van der Waals surface area contributed by atoms with Crippen LogP contribution >= 0.6 is 0 Å². The summed E-state index contributed by atoms with van der Waals surface area (Å²) in [6, 6.07) is 29.7. The van der Waals surface area contributed by atoms with Gasteiger partial charge in [0.15, 0.2) is 5.75 Å². The fourth-order valence-electron chi connectivity index (χ4n) is 3.15.